The van der Waals surface area contributed by atoms with Crippen LogP contribution in [0.3, 0.4) is 0 Å². The predicted octanol–water partition coefficient (Wildman–Crippen LogP) is 1.65. The summed E-state index contributed by atoms with van der Waals surface area (Å²) in [5.41, 5.74) is 0. The molecular weight excluding hydrogens is 188 g/mol. The summed E-state index contributed by atoms with van der Waals surface area (Å²) in [6.07, 6.45) is 7.02. The Morgan fingerprint density at radius 2 is 2.47 bits per heavy atom. The summed E-state index contributed by atoms with van der Waals surface area (Å²) < 4.78 is 1.94. The number of aryl methyl sites for hydroxylation is 1. The van der Waals surface area contributed by atoms with Gasteiger partial charge >= 0.3 is 0 Å². The van der Waals surface area contributed by atoms with Crippen molar-refractivity contribution in [1.82, 2.24) is 20.1 Å². The first kappa shape index (κ1) is 11.9. The number of nitrogens with one attached hydrogen (secondary N) is 1. The number of hydrogen-bond donors (Lipinski definition) is 1. The van der Waals surface area contributed by atoms with Crippen molar-refractivity contribution >= 4 is 0 Å². The van der Waals surface area contributed by atoms with Gasteiger partial charge in [-0.05, 0) is 19.3 Å². The first-order valence-electron chi connectivity index (χ1n) is 5.45. The van der Waals surface area contributed by atoms with E-state index in [0.29, 0.717) is 6.04 Å². The van der Waals surface area contributed by atoms with Crippen LogP contribution >= 0.6 is 0 Å². The minimum atomic E-state index is 0.541. The van der Waals surface area contributed by atoms with E-state index >= 15 is 0 Å². The molecule has 4 nitrogen and oxygen atoms in total. The van der Waals surface area contributed by atoms with Gasteiger partial charge in [-0.25, -0.2) is 0 Å². The van der Waals surface area contributed by atoms with Crippen LogP contribution in [0.4, 0.5) is 0 Å². The van der Waals surface area contributed by atoms with Gasteiger partial charge in [-0.3, -0.25) is 0 Å². The molecule has 0 unspecified atom stereocenters. The van der Waals surface area contributed by atoms with Gasteiger partial charge in [-0.15, -0.1) is 16.8 Å². The maximum absolute atomic E-state index is 4.03. The van der Waals surface area contributed by atoms with Gasteiger partial charge in [0, 0.05) is 13.1 Å². The molecule has 0 saturated carbocycles. The Kier molecular flexibility index (Phi) is 5.04. The number of aromatic nitrogens is 3. The van der Waals surface area contributed by atoms with Crippen molar-refractivity contribution in [2.24, 2.45) is 7.05 Å². The summed E-state index contributed by atoms with van der Waals surface area (Å²) in [4.78, 5) is 0. The highest BCUT2D eigenvalue weighted by atomic mass is 15.3. The van der Waals surface area contributed by atoms with Crippen LogP contribution in [0.5, 0.6) is 0 Å². The van der Waals surface area contributed by atoms with Gasteiger partial charge in [0.2, 0.25) is 0 Å². The molecule has 0 aliphatic rings. The molecule has 0 aliphatic carbocycles. The molecule has 0 fully saturated rings. The van der Waals surface area contributed by atoms with Gasteiger partial charge in [0.1, 0.15) is 12.2 Å². The van der Waals surface area contributed by atoms with E-state index in [4.69, 9.17) is 0 Å². The molecule has 4 heteroatoms. The third-order valence-electron chi connectivity index (χ3n) is 2.57. The SMILES string of the molecule is C=CCC[C@H](CC)NCc1nncn1C. The number of nitrogens with zero attached hydrogens (tertiary/aromatic N) is 3. The van der Waals surface area contributed by atoms with Crippen LogP contribution in [0.2, 0.25) is 0 Å². The van der Waals surface area contributed by atoms with Gasteiger partial charge in [-0.2, -0.15) is 0 Å². The van der Waals surface area contributed by atoms with E-state index in [1.54, 1.807) is 6.33 Å². The second-order valence-corrected chi connectivity index (χ2v) is 3.71. The Labute approximate surface area is 91.4 Å². The largest absolute Gasteiger partial charge is 0.320 e. The van der Waals surface area contributed by atoms with Crippen molar-refractivity contribution in [2.45, 2.75) is 38.8 Å². The van der Waals surface area contributed by atoms with Gasteiger partial charge < -0.3 is 9.88 Å². The highest BCUT2D eigenvalue weighted by Gasteiger charge is 2.06. The summed E-state index contributed by atoms with van der Waals surface area (Å²) >= 11 is 0. The van der Waals surface area contributed by atoms with Crippen molar-refractivity contribution in [2.75, 3.05) is 0 Å². The zero-order valence-corrected chi connectivity index (χ0v) is 9.61. The van der Waals surface area contributed by atoms with Gasteiger partial charge in [0.05, 0.1) is 6.54 Å². The van der Waals surface area contributed by atoms with Gasteiger partial charge in [0.15, 0.2) is 0 Å². The lowest BCUT2D eigenvalue weighted by Crippen LogP contribution is -2.28. The molecule has 1 atom stereocenters. The summed E-state index contributed by atoms with van der Waals surface area (Å²) in [5.74, 6) is 0.979. The Morgan fingerprint density at radius 1 is 1.67 bits per heavy atom. The third kappa shape index (κ3) is 3.83. The van der Waals surface area contributed by atoms with Crippen molar-refractivity contribution in [3.05, 3.63) is 24.8 Å². The van der Waals surface area contributed by atoms with Crippen LogP contribution in [0.25, 0.3) is 0 Å². The molecule has 15 heavy (non-hydrogen) atoms. The second kappa shape index (κ2) is 6.35. The third-order valence-corrected chi connectivity index (χ3v) is 2.57. The molecular formula is C11H20N4. The Balaban J connectivity index is 2.34. The van der Waals surface area contributed by atoms with Crippen molar-refractivity contribution in [3.8, 4) is 0 Å². The highest BCUT2D eigenvalue weighted by Crippen LogP contribution is 2.03. The Hall–Kier alpha value is -1.16. The molecule has 0 saturated heterocycles. The van der Waals surface area contributed by atoms with E-state index in [9.17, 15) is 0 Å². The molecule has 0 bridgehead atoms. The van der Waals surface area contributed by atoms with E-state index in [-0.39, 0.29) is 0 Å². The zero-order chi connectivity index (χ0) is 11.1. The number of allylic oxidation sites excluding steroid dienone is 1. The lowest BCUT2D eigenvalue weighted by Gasteiger charge is -2.15. The topological polar surface area (TPSA) is 42.7 Å². The van der Waals surface area contributed by atoms with Gasteiger partial charge in [0.25, 0.3) is 0 Å². The van der Waals surface area contributed by atoms with Crippen LogP contribution in [-0.2, 0) is 13.6 Å². The summed E-state index contributed by atoms with van der Waals surface area (Å²) in [6.45, 7) is 6.71. The fraction of sp³-hybridized carbons (Fsp3) is 0.636. The molecule has 0 spiro atoms. The standard InChI is InChI=1S/C11H20N4/c1-4-6-7-10(5-2)12-8-11-14-13-9-15(11)3/h4,9-10,12H,1,5-8H2,2-3H3/t10-/m0/s1. The molecule has 1 aromatic heterocycles. The van der Waals surface area contributed by atoms with Crippen molar-refractivity contribution in [1.29, 1.82) is 0 Å². The van der Waals surface area contributed by atoms with E-state index in [0.717, 1.165) is 31.6 Å². The average molecular weight is 208 g/mol. The lowest BCUT2D eigenvalue weighted by atomic mass is 10.1. The maximum Gasteiger partial charge on any atom is 0.146 e. The number of hydrogen-bond acceptors (Lipinski definition) is 3. The summed E-state index contributed by atoms with van der Waals surface area (Å²) in [7, 11) is 1.96. The molecule has 1 aromatic rings. The first-order chi connectivity index (χ1) is 7.27. The normalized spacial score (nSPS) is 12.7. The molecule has 1 heterocycles. The van der Waals surface area contributed by atoms with Crippen LogP contribution < -0.4 is 5.32 Å². The van der Waals surface area contributed by atoms with E-state index < -0.39 is 0 Å². The average Bonchev–Trinajstić information content (AvgIpc) is 2.65. The number of rotatable bonds is 7. The summed E-state index contributed by atoms with van der Waals surface area (Å²) in [6, 6.07) is 0.541. The summed E-state index contributed by atoms with van der Waals surface area (Å²) in [5, 5.41) is 11.4. The molecule has 0 aromatic carbocycles. The Morgan fingerprint density at radius 3 is 3.00 bits per heavy atom. The van der Waals surface area contributed by atoms with Gasteiger partial charge in [-0.1, -0.05) is 13.0 Å². The first-order valence-corrected chi connectivity index (χ1v) is 5.45. The van der Waals surface area contributed by atoms with Crippen LogP contribution in [0.1, 0.15) is 32.0 Å². The Bertz CT molecular complexity index is 293. The molecule has 0 aliphatic heterocycles. The van der Waals surface area contributed by atoms with Crippen LogP contribution in [-0.4, -0.2) is 20.8 Å². The maximum atomic E-state index is 4.03. The van der Waals surface area contributed by atoms with Crippen molar-refractivity contribution < 1.29 is 0 Å². The fourth-order valence-corrected chi connectivity index (χ4v) is 1.47. The highest BCUT2D eigenvalue weighted by molar-refractivity contribution is 4.84. The molecule has 84 valence electrons. The zero-order valence-electron chi connectivity index (χ0n) is 9.61. The van der Waals surface area contributed by atoms with E-state index in [1.807, 2.05) is 17.7 Å². The quantitative estimate of drug-likeness (QED) is 0.693. The van der Waals surface area contributed by atoms with Crippen LogP contribution in [0, 0.1) is 0 Å². The monoisotopic (exact) mass is 208 g/mol. The predicted molar refractivity (Wildman–Crippen MR) is 61.4 cm³/mol. The molecule has 0 amide bonds. The minimum absolute atomic E-state index is 0.541. The van der Waals surface area contributed by atoms with E-state index in [1.165, 1.54) is 0 Å². The van der Waals surface area contributed by atoms with Crippen molar-refractivity contribution in [3.63, 3.8) is 0 Å². The van der Waals surface area contributed by atoms with E-state index in [2.05, 4.69) is 29.0 Å². The fourth-order valence-electron chi connectivity index (χ4n) is 1.47. The molecule has 0 radical (unpaired) electrons. The minimum Gasteiger partial charge on any atom is -0.320 e. The smallest absolute Gasteiger partial charge is 0.146 e. The lowest BCUT2D eigenvalue weighted by molar-refractivity contribution is 0.459. The van der Waals surface area contributed by atoms with Crippen LogP contribution in [0.15, 0.2) is 19.0 Å². The molecule has 1 rings (SSSR count). The second-order valence-electron chi connectivity index (χ2n) is 3.71. The molecule has 1 N–H and O–H groups in total.